The van der Waals surface area contributed by atoms with E-state index in [1.165, 1.54) is 5.30 Å². The molecule has 0 amide bonds. The van der Waals surface area contributed by atoms with Crippen molar-refractivity contribution in [1.29, 1.82) is 0 Å². The summed E-state index contributed by atoms with van der Waals surface area (Å²) in [7, 11) is 0. The molecular formula is C8H11PS3. The van der Waals surface area contributed by atoms with Crippen LogP contribution in [0.5, 0.6) is 0 Å². The lowest BCUT2D eigenvalue weighted by Gasteiger charge is -2.16. The number of hydrogen-bond donors (Lipinski definition) is 0. The van der Waals surface area contributed by atoms with Crippen molar-refractivity contribution in [2.24, 2.45) is 0 Å². The van der Waals surface area contributed by atoms with Crippen molar-refractivity contribution in [1.82, 2.24) is 0 Å². The summed E-state index contributed by atoms with van der Waals surface area (Å²) >= 11 is 9.24. The van der Waals surface area contributed by atoms with Gasteiger partial charge in [-0.2, -0.15) is 0 Å². The molecule has 0 aliphatic heterocycles. The van der Waals surface area contributed by atoms with Gasteiger partial charge in [0.25, 0.3) is 0 Å². The summed E-state index contributed by atoms with van der Waals surface area (Å²) < 4.78 is -1.37. The molecule has 0 saturated carbocycles. The Labute approximate surface area is 87.0 Å². The van der Waals surface area contributed by atoms with Gasteiger partial charge in [-0.15, -0.1) is 22.8 Å². The first-order valence-electron chi connectivity index (χ1n) is 3.50. The van der Waals surface area contributed by atoms with Crippen LogP contribution in [0, 0.1) is 0 Å². The predicted octanol–water partition coefficient (Wildman–Crippen LogP) is 3.35. The highest BCUT2D eigenvalue weighted by atomic mass is 33.2. The Kier molecular flexibility index (Phi) is 4.18. The Bertz CT molecular complexity index is 276. The summed E-state index contributed by atoms with van der Waals surface area (Å²) in [6, 6.07) is 10.4. The van der Waals surface area contributed by atoms with Gasteiger partial charge in [-0.3, -0.25) is 0 Å². The first-order chi connectivity index (χ1) is 5.73. The SMILES string of the molecule is CSP(=S)(SC)c1ccccc1. The second-order valence-corrected chi connectivity index (χ2v) is 13.6. The fourth-order valence-electron chi connectivity index (χ4n) is 0.896. The highest BCUT2D eigenvalue weighted by Crippen LogP contribution is 2.65. The third kappa shape index (κ3) is 2.29. The van der Waals surface area contributed by atoms with Crippen LogP contribution in [0.2, 0.25) is 0 Å². The molecule has 0 unspecified atom stereocenters. The smallest absolute Gasteiger partial charge is 0.0844 e. The first kappa shape index (κ1) is 10.6. The second kappa shape index (κ2) is 4.71. The molecule has 1 aromatic rings. The molecule has 1 rings (SSSR count). The monoisotopic (exact) mass is 234 g/mol. The Morgan fingerprint density at radius 2 is 1.58 bits per heavy atom. The maximum Gasteiger partial charge on any atom is 0.0844 e. The van der Waals surface area contributed by atoms with Gasteiger partial charge < -0.3 is 0 Å². The molecule has 1 aromatic carbocycles. The van der Waals surface area contributed by atoms with Crippen molar-refractivity contribution in [2.45, 2.75) is 0 Å². The van der Waals surface area contributed by atoms with Crippen molar-refractivity contribution < 1.29 is 0 Å². The van der Waals surface area contributed by atoms with Crippen LogP contribution in [0.25, 0.3) is 0 Å². The van der Waals surface area contributed by atoms with E-state index in [0.717, 1.165) is 0 Å². The third-order valence-electron chi connectivity index (χ3n) is 1.55. The molecule has 0 bridgehead atoms. The molecular weight excluding hydrogens is 223 g/mol. The number of rotatable bonds is 3. The maximum atomic E-state index is 5.61. The second-order valence-electron chi connectivity index (χ2n) is 2.20. The highest BCUT2D eigenvalue weighted by molar-refractivity contribution is 9.02. The van der Waals surface area contributed by atoms with Crippen molar-refractivity contribution in [3.05, 3.63) is 30.3 Å². The van der Waals surface area contributed by atoms with Crippen molar-refractivity contribution >= 4 is 44.3 Å². The molecule has 66 valence electrons. The Balaban J connectivity index is 3.04. The zero-order valence-corrected chi connectivity index (χ0v) is 10.4. The van der Waals surface area contributed by atoms with E-state index in [1.54, 1.807) is 0 Å². The van der Waals surface area contributed by atoms with E-state index >= 15 is 0 Å². The lowest BCUT2D eigenvalue weighted by Crippen LogP contribution is -1.96. The van der Waals surface area contributed by atoms with Gasteiger partial charge in [0, 0.05) is 5.30 Å². The van der Waals surface area contributed by atoms with Crippen LogP contribution >= 0.6 is 27.2 Å². The fraction of sp³-hybridized carbons (Fsp3) is 0.250. The molecule has 0 aliphatic carbocycles. The van der Waals surface area contributed by atoms with E-state index in [0.29, 0.717) is 0 Å². The van der Waals surface area contributed by atoms with Gasteiger partial charge in [-0.05, 0) is 12.5 Å². The van der Waals surface area contributed by atoms with Gasteiger partial charge in [-0.25, -0.2) is 0 Å². The minimum atomic E-state index is -1.37. The molecule has 4 heteroatoms. The minimum absolute atomic E-state index is 1.32. The zero-order chi connectivity index (χ0) is 9.03. The lowest BCUT2D eigenvalue weighted by molar-refractivity contribution is 1.78. The van der Waals surface area contributed by atoms with Crippen LogP contribution in [-0.2, 0) is 11.8 Å². The van der Waals surface area contributed by atoms with E-state index in [-0.39, 0.29) is 0 Å². The highest BCUT2D eigenvalue weighted by Gasteiger charge is 2.15. The molecule has 0 nitrogen and oxygen atoms in total. The summed E-state index contributed by atoms with van der Waals surface area (Å²) in [5, 5.41) is 1.32. The molecule has 0 saturated heterocycles. The quantitative estimate of drug-likeness (QED) is 0.736. The summed E-state index contributed by atoms with van der Waals surface area (Å²) in [5.41, 5.74) is 0. The Morgan fingerprint density at radius 1 is 1.08 bits per heavy atom. The zero-order valence-electron chi connectivity index (χ0n) is 7.06. The van der Waals surface area contributed by atoms with Gasteiger partial charge in [0.05, 0.1) is 4.44 Å². The molecule has 0 atom stereocenters. The van der Waals surface area contributed by atoms with Crippen molar-refractivity contribution in [3.63, 3.8) is 0 Å². The van der Waals surface area contributed by atoms with Crippen LogP contribution < -0.4 is 5.30 Å². The molecule has 0 N–H and O–H groups in total. The summed E-state index contributed by atoms with van der Waals surface area (Å²) in [4.78, 5) is 0. The molecule has 12 heavy (non-hydrogen) atoms. The Hall–Kier alpha value is 0.570. The average Bonchev–Trinajstić information content (AvgIpc) is 2.18. The lowest BCUT2D eigenvalue weighted by atomic mass is 10.4. The van der Waals surface area contributed by atoms with Gasteiger partial charge >= 0.3 is 0 Å². The van der Waals surface area contributed by atoms with Crippen LogP contribution in [0.4, 0.5) is 0 Å². The number of benzene rings is 1. The summed E-state index contributed by atoms with van der Waals surface area (Å²) in [6.45, 7) is 0. The van der Waals surface area contributed by atoms with Crippen LogP contribution in [0.15, 0.2) is 30.3 Å². The Morgan fingerprint density at radius 3 is 2.00 bits per heavy atom. The molecule has 0 spiro atoms. The molecule has 0 aromatic heterocycles. The maximum absolute atomic E-state index is 5.61. The fourth-order valence-corrected chi connectivity index (χ4v) is 6.15. The van der Waals surface area contributed by atoms with Crippen LogP contribution in [0.1, 0.15) is 0 Å². The number of hydrogen-bond acceptors (Lipinski definition) is 3. The standard InChI is InChI=1S/C8H11PS3/c1-11-9(10,12-2)8-6-4-3-5-7-8/h3-7H,1-2H3. The van der Waals surface area contributed by atoms with E-state index in [9.17, 15) is 0 Å². The van der Waals surface area contributed by atoms with E-state index < -0.39 is 4.44 Å². The minimum Gasteiger partial charge on any atom is -0.113 e. The summed E-state index contributed by atoms with van der Waals surface area (Å²) in [5.74, 6) is 0. The van der Waals surface area contributed by atoms with Gasteiger partial charge in [0.15, 0.2) is 0 Å². The van der Waals surface area contributed by atoms with Crippen molar-refractivity contribution in [3.8, 4) is 0 Å². The first-order valence-corrected chi connectivity index (χ1v) is 9.96. The van der Waals surface area contributed by atoms with Crippen LogP contribution in [-0.4, -0.2) is 12.5 Å². The van der Waals surface area contributed by atoms with Gasteiger partial charge in [0.2, 0.25) is 0 Å². The van der Waals surface area contributed by atoms with E-state index in [4.69, 9.17) is 11.8 Å². The average molecular weight is 234 g/mol. The third-order valence-corrected chi connectivity index (χ3v) is 13.6. The normalized spacial score (nSPS) is 11.5. The van der Waals surface area contributed by atoms with Gasteiger partial charge in [0.1, 0.15) is 0 Å². The predicted molar refractivity (Wildman–Crippen MR) is 67.4 cm³/mol. The molecule has 0 radical (unpaired) electrons. The largest absolute Gasteiger partial charge is 0.113 e. The van der Waals surface area contributed by atoms with E-state index in [1.807, 2.05) is 28.8 Å². The van der Waals surface area contributed by atoms with Gasteiger partial charge in [-0.1, -0.05) is 42.1 Å². The van der Waals surface area contributed by atoms with Crippen molar-refractivity contribution in [2.75, 3.05) is 12.5 Å². The van der Waals surface area contributed by atoms with Crippen LogP contribution in [0.3, 0.4) is 0 Å². The molecule has 0 aliphatic rings. The summed E-state index contributed by atoms with van der Waals surface area (Å²) in [6.07, 6.45) is 4.20. The van der Waals surface area contributed by atoms with E-state index in [2.05, 4.69) is 36.8 Å². The topological polar surface area (TPSA) is 0 Å². The molecule has 0 fully saturated rings. The molecule has 0 heterocycles.